The first-order chi connectivity index (χ1) is 12.1. The third kappa shape index (κ3) is 3.10. The molecule has 0 unspecified atom stereocenters. The van der Waals surface area contributed by atoms with Crippen molar-refractivity contribution in [1.82, 2.24) is 0 Å². The molecule has 0 saturated heterocycles. The lowest BCUT2D eigenvalue weighted by molar-refractivity contribution is 1.57. The van der Waals surface area contributed by atoms with Crippen LogP contribution in [0.15, 0.2) is 87.8 Å². The Labute approximate surface area is 163 Å². The fraction of sp³-hybridized carbons (Fsp3) is 0. The number of nitrogens with two attached hydrogens (primary N) is 1. The smallest absolute Gasteiger partial charge is 0.0479 e. The second-order valence-electron chi connectivity index (χ2n) is 5.95. The average Bonchev–Trinajstić information content (AvgIpc) is 2.63. The maximum atomic E-state index is 6.64. The van der Waals surface area contributed by atoms with Crippen molar-refractivity contribution < 1.29 is 0 Å². The zero-order chi connectivity index (χ0) is 17.4. The van der Waals surface area contributed by atoms with E-state index in [1.807, 2.05) is 12.1 Å². The van der Waals surface area contributed by atoms with Crippen LogP contribution in [0.4, 0.5) is 5.69 Å². The van der Waals surface area contributed by atoms with Crippen molar-refractivity contribution in [3.05, 3.63) is 87.8 Å². The van der Waals surface area contributed by atoms with Gasteiger partial charge in [-0.3, -0.25) is 0 Å². The summed E-state index contributed by atoms with van der Waals surface area (Å²) in [7, 11) is 0. The van der Waals surface area contributed by atoms with E-state index in [2.05, 4.69) is 98.6 Å². The van der Waals surface area contributed by atoms with Gasteiger partial charge in [0.05, 0.1) is 0 Å². The van der Waals surface area contributed by atoms with Gasteiger partial charge in [0.2, 0.25) is 0 Å². The molecule has 25 heavy (non-hydrogen) atoms. The van der Waals surface area contributed by atoms with Crippen LogP contribution in [0.1, 0.15) is 0 Å². The number of anilines is 1. The molecule has 0 heterocycles. The molecule has 4 aromatic rings. The Balaban J connectivity index is 2.07. The summed E-state index contributed by atoms with van der Waals surface area (Å²) in [6.07, 6.45) is 0. The van der Waals surface area contributed by atoms with E-state index in [9.17, 15) is 0 Å². The second-order valence-corrected chi connectivity index (χ2v) is 7.78. The summed E-state index contributed by atoms with van der Waals surface area (Å²) >= 11 is 7.02. The summed E-state index contributed by atoms with van der Waals surface area (Å²) in [6.45, 7) is 0. The first-order valence-corrected chi connectivity index (χ1v) is 9.55. The number of rotatable bonds is 2. The molecule has 0 atom stereocenters. The van der Waals surface area contributed by atoms with E-state index in [0.717, 1.165) is 47.7 Å². The van der Waals surface area contributed by atoms with Gasteiger partial charge in [-0.05, 0) is 52.4 Å². The Morgan fingerprint density at radius 1 is 0.640 bits per heavy atom. The van der Waals surface area contributed by atoms with Crippen LogP contribution in [0.25, 0.3) is 33.0 Å². The molecule has 4 aromatic carbocycles. The molecule has 0 aromatic heterocycles. The molecular weight excluding hydrogens is 438 g/mol. The Morgan fingerprint density at radius 2 is 1.20 bits per heavy atom. The van der Waals surface area contributed by atoms with Gasteiger partial charge >= 0.3 is 0 Å². The van der Waals surface area contributed by atoms with Gasteiger partial charge in [-0.2, -0.15) is 0 Å². The highest BCUT2D eigenvalue weighted by molar-refractivity contribution is 9.10. The molecule has 122 valence electrons. The zero-order valence-corrected chi connectivity index (χ0v) is 16.5. The SMILES string of the molecule is Nc1c(-c2ccc(Br)cc2)c(-c2ccc(Br)cc2)cc2ccccc12. The first kappa shape index (κ1) is 16.4. The zero-order valence-electron chi connectivity index (χ0n) is 13.3. The van der Waals surface area contributed by atoms with Gasteiger partial charge in [0.15, 0.2) is 0 Å². The van der Waals surface area contributed by atoms with Crippen molar-refractivity contribution in [3.63, 3.8) is 0 Å². The Bertz CT molecular complexity index is 1050. The molecule has 0 bridgehead atoms. The molecule has 0 saturated carbocycles. The molecule has 3 heteroatoms. The molecule has 4 rings (SSSR count). The minimum Gasteiger partial charge on any atom is -0.398 e. The van der Waals surface area contributed by atoms with Crippen LogP contribution in [0, 0.1) is 0 Å². The average molecular weight is 453 g/mol. The second kappa shape index (κ2) is 6.66. The van der Waals surface area contributed by atoms with Crippen LogP contribution < -0.4 is 5.73 Å². The highest BCUT2D eigenvalue weighted by atomic mass is 79.9. The first-order valence-electron chi connectivity index (χ1n) is 7.96. The number of hydrogen-bond donors (Lipinski definition) is 1. The van der Waals surface area contributed by atoms with Gasteiger partial charge in [0.25, 0.3) is 0 Å². The van der Waals surface area contributed by atoms with E-state index >= 15 is 0 Å². The standard InChI is InChI=1S/C22H15Br2N/c23-17-9-5-14(6-10-17)20-13-16-3-1-2-4-19(16)22(25)21(20)15-7-11-18(24)12-8-15/h1-13H,25H2. The Kier molecular flexibility index (Phi) is 4.36. The van der Waals surface area contributed by atoms with Crippen molar-refractivity contribution in [2.24, 2.45) is 0 Å². The van der Waals surface area contributed by atoms with E-state index in [1.165, 1.54) is 0 Å². The lowest BCUT2D eigenvalue weighted by Crippen LogP contribution is -1.96. The van der Waals surface area contributed by atoms with E-state index in [-0.39, 0.29) is 0 Å². The van der Waals surface area contributed by atoms with Crippen LogP contribution in [-0.2, 0) is 0 Å². The van der Waals surface area contributed by atoms with Crippen molar-refractivity contribution in [1.29, 1.82) is 0 Å². The van der Waals surface area contributed by atoms with Gasteiger partial charge < -0.3 is 5.73 Å². The Hall–Kier alpha value is -2.10. The summed E-state index contributed by atoms with van der Waals surface area (Å²) in [5.74, 6) is 0. The molecule has 0 spiro atoms. The summed E-state index contributed by atoms with van der Waals surface area (Å²) in [5, 5.41) is 2.24. The maximum absolute atomic E-state index is 6.64. The number of benzene rings is 4. The molecular formula is C22H15Br2N. The van der Waals surface area contributed by atoms with Crippen molar-refractivity contribution >= 4 is 48.3 Å². The number of hydrogen-bond acceptors (Lipinski definition) is 1. The lowest BCUT2D eigenvalue weighted by atomic mass is 9.90. The van der Waals surface area contributed by atoms with E-state index in [1.54, 1.807) is 0 Å². The third-order valence-corrected chi connectivity index (χ3v) is 5.43. The summed E-state index contributed by atoms with van der Waals surface area (Å²) < 4.78 is 2.12. The van der Waals surface area contributed by atoms with Crippen LogP contribution in [0.5, 0.6) is 0 Å². The van der Waals surface area contributed by atoms with Gasteiger partial charge in [0, 0.05) is 25.6 Å². The topological polar surface area (TPSA) is 26.0 Å². The number of nitrogen functional groups attached to an aromatic ring is 1. The highest BCUT2D eigenvalue weighted by Crippen LogP contribution is 2.41. The van der Waals surface area contributed by atoms with Crippen LogP contribution in [0.3, 0.4) is 0 Å². The number of fused-ring (bicyclic) bond motifs is 1. The molecule has 0 amide bonds. The molecule has 0 fully saturated rings. The summed E-state index contributed by atoms with van der Waals surface area (Å²) in [5.41, 5.74) is 11.9. The largest absolute Gasteiger partial charge is 0.398 e. The molecule has 1 nitrogen and oxygen atoms in total. The monoisotopic (exact) mass is 451 g/mol. The van der Waals surface area contributed by atoms with Crippen LogP contribution >= 0.6 is 31.9 Å². The lowest BCUT2D eigenvalue weighted by Gasteiger charge is -2.16. The quantitative estimate of drug-likeness (QED) is 0.317. The molecule has 0 aliphatic carbocycles. The summed E-state index contributed by atoms with van der Waals surface area (Å²) in [4.78, 5) is 0. The van der Waals surface area contributed by atoms with E-state index < -0.39 is 0 Å². The normalized spacial score (nSPS) is 11.0. The van der Waals surface area contributed by atoms with Crippen molar-refractivity contribution in [2.75, 3.05) is 5.73 Å². The minimum absolute atomic E-state index is 0.818. The Morgan fingerprint density at radius 3 is 1.84 bits per heavy atom. The van der Waals surface area contributed by atoms with Crippen molar-refractivity contribution in [3.8, 4) is 22.3 Å². The molecule has 0 radical (unpaired) electrons. The van der Waals surface area contributed by atoms with Gasteiger partial charge in [0.1, 0.15) is 0 Å². The molecule has 0 aliphatic rings. The van der Waals surface area contributed by atoms with E-state index in [0.29, 0.717) is 0 Å². The van der Waals surface area contributed by atoms with Crippen LogP contribution in [0.2, 0.25) is 0 Å². The third-order valence-electron chi connectivity index (χ3n) is 4.38. The summed E-state index contributed by atoms with van der Waals surface area (Å²) in [6, 6.07) is 27.2. The van der Waals surface area contributed by atoms with Gasteiger partial charge in [-0.1, -0.05) is 80.4 Å². The van der Waals surface area contributed by atoms with Gasteiger partial charge in [-0.15, -0.1) is 0 Å². The molecule has 2 N–H and O–H groups in total. The highest BCUT2D eigenvalue weighted by Gasteiger charge is 2.14. The predicted octanol–water partition coefficient (Wildman–Crippen LogP) is 7.28. The van der Waals surface area contributed by atoms with Gasteiger partial charge in [-0.25, -0.2) is 0 Å². The van der Waals surface area contributed by atoms with Crippen LogP contribution in [-0.4, -0.2) is 0 Å². The van der Waals surface area contributed by atoms with Crippen molar-refractivity contribution in [2.45, 2.75) is 0 Å². The predicted molar refractivity (Wildman–Crippen MR) is 115 cm³/mol. The number of halogens is 2. The fourth-order valence-corrected chi connectivity index (χ4v) is 3.69. The molecule has 0 aliphatic heterocycles. The minimum atomic E-state index is 0.818. The fourth-order valence-electron chi connectivity index (χ4n) is 3.16. The van der Waals surface area contributed by atoms with E-state index in [4.69, 9.17) is 5.73 Å². The maximum Gasteiger partial charge on any atom is 0.0479 e.